The highest BCUT2D eigenvalue weighted by Crippen LogP contribution is 2.37. The first kappa shape index (κ1) is 9.16. The van der Waals surface area contributed by atoms with E-state index in [1.807, 2.05) is 13.8 Å². The Labute approximate surface area is 78.4 Å². The number of hydrogen-bond donors (Lipinski definition) is 0. The van der Waals surface area contributed by atoms with Gasteiger partial charge >= 0.3 is 0 Å². The fourth-order valence-corrected chi connectivity index (χ4v) is 2.13. The van der Waals surface area contributed by atoms with Crippen molar-refractivity contribution < 1.29 is 14.3 Å². The number of fused-ring (bicyclic) bond motifs is 1. The minimum absolute atomic E-state index is 0.0174. The van der Waals surface area contributed by atoms with E-state index in [2.05, 4.69) is 6.92 Å². The van der Waals surface area contributed by atoms with Crippen molar-refractivity contribution in [3.05, 3.63) is 0 Å². The van der Waals surface area contributed by atoms with Crippen molar-refractivity contribution in [2.75, 3.05) is 0 Å². The minimum Gasteiger partial charge on any atom is -0.344 e. The molecule has 1 aliphatic heterocycles. The summed E-state index contributed by atoms with van der Waals surface area (Å²) in [4.78, 5) is 11.5. The zero-order valence-corrected chi connectivity index (χ0v) is 8.37. The van der Waals surface area contributed by atoms with Crippen molar-refractivity contribution in [3.63, 3.8) is 0 Å². The maximum atomic E-state index is 11.5. The average Bonchev–Trinajstić information content (AvgIpc) is 2.35. The van der Waals surface area contributed by atoms with E-state index in [1.54, 1.807) is 0 Å². The Morgan fingerprint density at radius 3 is 2.69 bits per heavy atom. The number of Topliss-reactive ketones (excluding diaryl/α,β-unsaturated/α-hetero) is 1. The van der Waals surface area contributed by atoms with Crippen molar-refractivity contribution in [2.24, 2.45) is 5.92 Å². The Morgan fingerprint density at radius 2 is 2.08 bits per heavy atom. The Hall–Kier alpha value is -0.410. The van der Waals surface area contributed by atoms with E-state index in [9.17, 15) is 4.79 Å². The molecular formula is C10H16O3. The van der Waals surface area contributed by atoms with Gasteiger partial charge < -0.3 is 9.47 Å². The minimum atomic E-state index is -0.580. The number of carbonyl (C=O) groups excluding carboxylic acids is 1. The molecule has 3 unspecified atom stereocenters. The lowest BCUT2D eigenvalue weighted by Crippen LogP contribution is -2.40. The summed E-state index contributed by atoms with van der Waals surface area (Å²) in [6, 6.07) is 0. The zero-order valence-electron chi connectivity index (χ0n) is 8.37. The molecule has 1 heterocycles. The van der Waals surface area contributed by atoms with Crippen LogP contribution in [-0.4, -0.2) is 23.8 Å². The van der Waals surface area contributed by atoms with Gasteiger partial charge in [-0.25, -0.2) is 0 Å². The number of ether oxygens (including phenoxy) is 2. The lowest BCUT2D eigenvalue weighted by Gasteiger charge is -2.27. The van der Waals surface area contributed by atoms with Gasteiger partial charge in [0.15, 0.2) is 11.6 Å². The van der Waals surface area contributed by atoms with Crippen molar-refractivity contribution in [3.8, 4) is 0 Å². The third-order valence-electron chi connectivity index (χ3n) is 2.85. The maximum Gasteiger partial charge on any atom is 0.164 e. The molecule has 2 rings (SSSR count). The third kappa shape index (κ3) is 1.51. The monoisotopic (exact) mass is 184 g/mol. The van der Waals surface area contributed by atoms with Crippen LogP contribution in [0.25, 0.3) is 0 Å². The molecule has 2 aliphatic rings. The molecule has 0 radical (unpaired) electrons. The fraction of sp³-hybridized carbons (Fsp3) is 0.900. The van der Waals surface area contributed by atoms with Gasteiger partial charge in [0.2, 0.25) is 0 Å². The molecule has 74 valence electrons. The highest BCUT2D eigenvalue weighted by atomic mass is 16.8. The summed E-state index contributed by atoms with van der Waals surface area (Å²) in [5.41, 5.74) is 0. The summed E-state index contributed by atoms with van der Waals surface area (Å²) in [6.07, 6.45) is 1.25. The van der Waals surface area contributed by atoms with Crippen LogP contribution in [0.2, 0.25) is 0 Å². The molecule has 1 saturated carbocycles. The molecule has 0 bridgehead atoms. The number of carbonyl (C=O) groups is 1. The van der Waals surface area contributed by atoms with Gasteiger partial charge in [-0.1, -0.05) is 6.92 Å². The second-order valence-electron chi connectivity index (χ2n) is 4.50. The van der Waals surface area contributed by atoms with Crippen LogP contribution >= 0.6 is 0 Å². The maximum absolute atomic E-state index is 11.5. The topological polar surface area (TPSA) is 35.5 Å². The summed E-state index contributed by atoms with van der Waals surface area (Å²) in [6.45, 7) is 5.85. The normalized spacial score (nSPS) is 43.3. The van der Waals surface area contributed by atoms with Gasteiger partial charge in [0.1, 0.15) is 6.10 Å². The van der Waals surface area contributed by atoms with Gasteiger partial charge in [0.25, 0.3) is 0 Å². The van der Waals surface area contributed by atoms with Crippen LogP contribution in [0.15, 0.2) is 0 Å². The molecule has 1 saturated heterocycles. The van der Waals surface area contributed by atoms with Crippen molar-refractivity contribution in [1.29, 1.82) is 0 Å². The highest BCUT2D eigenvalue weighted by Gasteiger charge is 2.49. The molecular weight excluding hydrogens is 168 g/mol. The molecule has 0 aromatic heterocycles. The second kappa shape index (κ2) is 2.79. The number of ketones is 1. The Bertz CT molecular complexity index is 234. The summed E-state index contributed by atoms with van der Waals surface area (Å²) in [7, 11) is 0. The first-order valence-corrected chi connectivity index (χ1v) is 4.88. The zero-order chi connectivity index (χ0) is 9.64. The molecule has 3 atom stereocenters. The molecule has 0 spiro atoms. The SMILES string of the molecule is CC1CCC(=O)C2OC(C)(C)OC12. The highest BCUT2D eigenvalue weighted by molar-refractivity contribution is 5.84. The van der Waals surface area contributed by atoms with Crippen LogP contribution in [0.1, 0.15) is 33.6 Å². The van der Waals surface area contributed by atoms with Gasteiger partial charge in [0.05, 0.1) is 6.10 Å². The van der Waals surface area contributed by atoms with Crippen LogP contribution < -0.4 is 0 Å². The lowest BCUT2D eigenvalue weighted by atomic mass is 9.85. The smallest absolute Gasteiger partial charge is 0.164 e. The molecule has 0 aromatic rings. The first-order valence-electron chi connectivity index (χ1n) is 4.88. The lowest BCUT2D eigenvalue weighted by molar-refractivity contribution is -0.154. The van der Waals surface area contributed by atoms with E-state index >= 15 is 0 Å². The molecule has 2 fully saturated rings. The van der Waals surface area contributed by atoms with Gasteiger partial charge in [-0.05, 0) is 26.2 Å². The third-order valence-corrected chi connectivity index (χ3v) is 2.85. The molecule has 0 aromatic carbocycles. The largest absolute Gasteiger partial charge is 0.344 e. The van der Waals surface area contributed by atoms with Crippen LogP contribution in [0.5, 0.6) is 0 Å². The summed E-state index contributed by atoms with van der Waals surface area (Å²) >= 11 is 0. The van der Waals surface area contributed by atoms with E-state index < -0.39 is 5.79 Å². The van der Waals surface area contributed by atoms with Crippen LogP contribution in [0.4, 0.5) is 0 Å². The van der Waals surface area contributed by atoms with E-state index in [-0.39, 0.29) is 18.0 Å². The molecule has 0 amide bonds. The predicted molar refractivity (Wildman–Crippen MR) is 47.2 cm³/mol. The number of rotatable bonds is 0. The fourth-order valence-electron chi connectivity index (χ4n) is 2.13. The molecule has 3 heteroatoms. The molecule has 3 nitrogen and oxygen atoms in total. The summed E-state index contributed by atoms with van der Waals surface area (Å²) in [5, 5.41) is 0. The van der Waals surface area contributed by atoms with Crippen LogP contribution in [-0.2, 0) is 14.3 Å². The van der Waals surface area contributed by atoms with Crippen molar-refractivity contribution in [2.45, 2.75) is 51.6 Å². The molecule has 13 heavy (non-hydrogen) atoms. The Morgan fingerprint density at radius 1 is 1.38 bits per heavy atom. The second-order valence-corrected chi connectivity index (χ2v) is 4.50. The van der Waals surface area contributed by atoms with Gasteiger partial charge in [0, 0.05) is 6.42 Å². The Kier molecular flexibility index (Phi) is 1.96. The van der Waals surface area contributed by atoms with E-state index in [0.717, 1.165) is 6.42 Å². The van der Waals surface area contributed by atoms with Gasteiger partial charge in [-0.2, -0.15) is 0 Å². The molecule has 1 aliphatic carbocycles. The number of hydrogen-bond acceptors (Lipinski definition) is 3. The van der Waals surface area contributed by atoms with Crippen molar-refractivity contribution >= 4 is 5.78 Å². The Balaban J connectivity index is 2.19. The van der Waals surface area contributed by atoms with Gasteiger partial charge in [-0.3, -0.25) is 4.79 Å². The quantitative estimate of drug-likeness (QED) is 0.572. The van der Waals surface area contributed by atoms with E-state index in [4.69, 9.17) is 9.47 Å². The van der Waals surface area contributed by atoms with Crippen LogP contribution in [0, 0.1) is 5.92 Å². The van der Waals surface area contributed by atoms with Gasteiger partial charge in [-0.15, -0.1) is 0 Å². The predicted octanol–water partition coefficient (Wildman–Crippen LogP) is 1.51. The standard InChI is InChI=1S/C10H16O3/c1-6-4-5-7(11)9-8(6)12-10(2,3)13-9/h6,8-9H,4-5H2,1-3H3. The molecule has 0 N–H and O–H groups in total. The summed E-state index contributed by atoms with van der Waals surface area (Å²) in [5.74, 6) is 0.0574. The van der Waals surface area contributed by atoms with E-state index in [1.165, 1.54) is 0 Å². The average molecular weight is 184 g/mol. The van der Waals surface area contributed by atoms with E-state index in [0.29, 0.717) is 12.3 Å². The summed E-state index contributed by atoms with van der Waals surface area (Å²) < 4.78 is 11.3. The van der Waals surface area contributed by atoms with Crippen molar-refractivity contribution in [1.82, 2.24) is 0 Å². The first-order chi connectivity index (χ1) is 5.99. The van der Waals surface area contributed by atoms with Crippen LogP contribution in [0.3, 0.4) is 0 Å².